The molecule has 2 aromatic rings. The van der Waals surface area contributed by atoms with E-state index in [4.69, 9.17) is 0 Å². The molecule has 3 atom stereocenters. The Bertz CT molecular complexity index is 641. The second-order valence-corrected chi connectivity index (χ2v) is 6.07. The molecule has 3 N–H and O–H groups in total. The predicted molar refractivity (Wildman–Crippen MR) is 91.4 cm³/mol. The van der Waals surface area contributed by atoms with E-state index >= 15 is 0 Å². The van der Waals surface area contributed by atoms with Crippen molar-refractivity contribution in [1.29, 1.82) is 0 Å². The zero-order valence-corrected chi connectivity index (χ0v) is 14.3. The molecule has 0 saturated carbocycles. The first-order chi connectivity index (χ1) is 11.5. The van der Waals surface area contributed by atoms with Crippen molar-refractivity contribution in [1.82, 2.24) is 25.4 Å². The van der Waals surface area contributed by atoms with Gasteiger partial charge >= 0.3 is 6.03 Å². The third kappa shape index (κ3) is 5.06. The van der Waals surface area contributed by atoms with Gasteiger partial charge in [0.25, 0.3) is 0 Å². The number of nitrogens with zero attached hydrogens (tertiary/aromatic N) is 3. The highest BCUT2D eigenvalue weighted by molar-refractivity contribution is 5.74. The van der Waals surface area contributed by atoms with Crippen LogP contribution in [0, 0.1) is 0 Å². The average molecular weight is 331 g/mol. The molecule has 1 heterocycles. The number of aliphatic hydroxyl groups excluding tert-OH is 1. The second kappa shape index (κ2) is 8.44. The van der Waals surface area contributed by atoms with Crippen LogP contribution in [0.25, 0.3) is 0 Å². The van der Waals surface area contributed by atoms with Gasteiger partial charge in [-0.25, -0.2) is 4.79 Å². The number of rotatable bonds is 7. The van der Waals surface area contributed by atoms with Gasteiger partial charge in [0.15, 0.2) is 5.82 Å². The van der Waals surface area contributed by atoms with Crippen LogP contribution in [0.2, 0.25) is 0 Å². The fourth-order valence-electron chi connectivity index (χ4n) is 2.69. The van der Waals surface area contributed by atoms with Crippen LogP contribution in [-0.4, -0.2) is 38.6 Å². The van der Waals surface area contributed by atoms with Crippen molar-refractivity contribution in [2.45, 2.75) is 38.3 Å². The summed E-state index contributed by atoms with van der Waals surface area (Å²) >= 11 is 0. The fraction of sp³-hybridized carbons (Fsp3) is 0.471. The van der Waals surface area contributed by atoms with Gasteiger partial charge < -0.3 is 20.3 Å². The summed E-state index contributed by atoms with van der Waals surface area (Å²) in [5.74, 6) is 0.746. The highest BCUT2D eigenvalue weighted by Crippen LogP contribution is 2.20. The molecular formula is C17H25N5O2. The number of aryl methyl sites for hydroxylation is 1. The smallest absolute Gasteiger partial charge is 0.315 e. The molecule has 2 amide bonds. The van der Waals surface area contributed by atoms with Gasteiger partial charge in [-0.05, 0) is 25.8 Å². The Kier molecular flexibility index (Phi) is 6.31. The monoisotopic (exact) mass is 331 g/mol. The minimum Gasteiger partial charge on any atom is -0.393 e. The van der Waals surface area contributed by atoms with Crippen LogP contribution in [0.5, 0.6) is 0 Å². The largest absolute Gasteiger partial charge is 0.393 e. The Morgan fingerprint density at radius 1 is 1.29 bits per heavy atom. The normalized spacial score (nSPS) is 14.7. The van der Waals surface area contributed by atoms with Crippen LogP contribution in [0.1, 0.15) is 43.6 Å². The SMILES string of the molecule is CC(O)CC(CNC(=O)NC(C)c1nncn1C)c1ccccc1. The maximum atomic E-state index is 12.1. The van der Waals surface area contributed by atoms with E-state index in [1.807, 2.05) is 44.3 Å². The molecule has 1 aromatic carbocycles. The highest BCUT2D eigenvalue weighted by atomic mass is 16.3. The van der Waals surface area contributed by atoms with Crippen molar-refractivity contribution in [2.24, 2.45) is 7.05 Å². The Morgan fingerprint density at radius 2 is 2.00 bits per heavy atom. The number of carbonyl (C=O) groups is 1. The number of benzene rings is 1. The standard InChI is InChI=1S/C17H25N5O2/c1-12(23)9-15(14-7-5-4-6-8-14)10-18-17(24)20-13(2)16-21-19-11-22(16)3/h4-8,11-13,15,23H,9-10H2,1-3H3,(H2,18,20,24). The van der Waals surface area contributed by atoms with Crippen LogP contribution >= 0.6 is 0 Å². The summed E-state index contributed by atoms with van der Waals surface area (Å²) in [7, 11) is 1.83. The molecule has 130 valence electrons. The van der Waals surface area contributed by atoms with Gasteiger partial charge in [0.05, 0.1) is 12.1 Å². The van der Waals surface area contributed by atoms with E-state index in [2.05, 4.69) is 20.8 Å². The molecule has 2 rings (SSSR count). The van der Waals surface area contributed by atoms with E-state index in [9.17, 15) is 9.90 Å². The molecule has 24 heavy (non-hydrogen) atoms. The molecule has 0 radical (unpaired) electrons. The van der Waals surface area contributed by atoms with E-state index in [1.54, 1.807) is 17.8 Å². The third-order valence-electron chi connectivity index (χ3n) is 3.89. The van der Waals surface area contributed by atoms with Gasteiger partial charge in [0, 0.05) is 19.5 Å². The van der Waals surface area contributed by atoms with Gasteiger partial charge in [-0.2, -0.15) is 0 Å². The van der Waals surface area contributed by atoms with Crippen LogP contribution in [-0.2, 0) is 7.05 Å². The van der Waals surface area contributed by atoms with Crippen molar-refractivity contribution < 1.29 is 9.90 Å². The lowest BCUT2D eigenvalue weighted by molar-refractivity contribution is 0.173. The Labute approximate surface area is 142 Å². The number of aliphatic hydroxyl groups is 1. The number of hydrogen-bond donors (Lipinski definition) is 3. The van der Waals surface area contributed by atoms with E-state index < -0.39 is 6.10 Å². The lowest BCUT2D eigenvalue weighted by atomic mass is 9.93. The summed E-state index contributed by atoms with van der Waals surface area (Å²) in [6.07, 6.45) is 1.75. The number of urea groups is 1. The van der Waals surface area contributed by atoms with Gasteiger partial charge in [-0.1, -0.05) is 30.3 Å². The van der Waals surface area contributed by atoms with Crippen LogP contribution in [0.3, 0.4) is 0 Å². The molecule has 0 fully saturated rings. The number of nitrogens with one attached hydrogen (secondary N) is 2. The lowest BCUT2D eigenvalue weighted by Crippen LogP contribution is -2.40. The maximum absolute atomic E-state index is 12.1. The van der Waals surface area contributed by atoms with E-state index in [0.29, 0.717) is 18.8 Å². The Hall–Kier alpha value is -2.41. The summed E-state index contributed by atoms with van der Waals surface area (Å²) in [4.78, 5) is 12.1. The van der Waals surface area contributed by atoms with Gasteiger partial charge in [-0.3, -0.25) is 0 Å². The summed E-state index contributed by atoms with van der Waals surface area (Å²) in [5, 5.41) is 23.2. The van der Waals surface area contributed by atoms with Crippen molar-refractivity contribution in [3.05, 3.63) is 48.0 Å². The molecule has 0 aliphatic heterocycles. The fourth-order valence-corrected chi connectivity index (χ4v) is 2.69. The Morgan fingerprint density at radius 3 is 2.58 bits per heavy atom. The predicted octanol–water partition coefficient (Wildman–Crippen LogP) is 1.73. The first-order valence-corrected chi connectivity index (χ1v) is 8.08. The topological polar surface area (TPSA) is 92.1 Å². The van der Waals surface area contributed by atoms with E-state index in [0.717, 1.165) is 5.56 Å². The first-order valence-electron chi connectivity index (χ1n) is 8.08. The molecule has 3 unspecified atom stereocenters. The molecule has 7 heteroatoms. The van der Waals surface area contributed by atoms with Gasteiger partial charge in [0.1, 0.15) is 6.33 Å². The van der Waals surface area contributed by atoms with E-state index in [-0.39, 0.29) is 18.0 Å². The van der Waals surface area contributed by atoms with Crippen molar-refractivity contribution in [2.75, 3.05) is 6.54 Å². The summed E-state index contributed by atoms with van der Waals surface area (Å²) in [6, 6.07) is 9.37. The minimum absolute atomic E-state index is 0.0575. The number of amides is 2. The average Bonchev–Trinajstić information content (AvgIpc) is 2.98. The van der Waals surface area contributed by atoms with Crippen LogP contribution in [0.4, 0.5) is 4.79 Å². The molecule has 0 aliphatic carbocycles. The summed E-state index contributed by atoms with van der Waals surface area (Å²) in [6.45, 7) is 4.06. The van der Waals surface area contributed by atoms with Crippen molar-refractivity contribution >= 4 is 6.03 Å². The van der Waals surface area contributed by atoms with Crippen molar-refractivity contribution in [3.63, 3.8) is 0 Å². The summed E-state index contributed by atoms with van der Waals surface area (Å²) in [5.41, 5.74) is 1.10. The molecule has 0 spiro atoms. The molecular weight excluding hydrogens is 306 g/mol. The summed E-state index contributed by atoms with van der Waals surface area (Å²) < 4.78 is 1.77. The second-order valence-electron chi connectivity index (χ2n) is 6.07. The first kappa shape index (κ1) is 17.9. The van der Waals surface area contributed by atoms with Crippen LogP contribution in [0.15, 0.2) is 36.7 Å². The third-order valence-corrected chi connectivity index (χ3v) is 3.89. The highest BCUT2D eigenvalue weighted by Gasteiger charge is 2.17. The zero-order valence-electron chi connectivity index (χ0n) is 14.3. The van der Waals surface area contributed by atoms with E-state index in [1.165, 1.54) is 0 Å². The molecule has 0 aliphatic rings. The molecule has 7 nitrogen and oxygen atoms in total. The molecule has 0 bridgehead atoms. The van der Waals surface area contributed by atoms with Gasteiger partial charge in [-0.15, -0.1) is 10.2 Å². The Balaban J connectivity index is 1.91. The van der Waals surface area contributed by atoms with Gasteiger partial charge in [0.2, 0.25) is 0 Å². The molecule has 0 saturated heterocycles. The quantitative estimate of drug-likeness (QED) is 0.720. The number of carbonyl (C=O) groups excluding carboxylic acids is 1. The van der Waals surface area contributed by atoms with Crippen LogP contribution < -0.4 is 10.6 Å². The lowest BCUT2D eigenvalue weighted by Gasteiger charge is -2.21. The van der Waals surface area contributed by atoms with Crippen molar-refractivity contribution in [3.8, 4) is 0 Å². The minimum atomic E-state index is -0.433. The number of aromatic nitrogens is 3. The maximum Gasteiger partial charge on any atom is 0.315 e. The molecule has 1 aromatic heterocycles. The number of hydrogen-bond acceptors (Lipinski definition) is 4. The zero-order chi connectivity index (χ0) is 17.5.